The maximum atomic E-state index is 12.4. The van der Waals surface area contributed by atoms with Gasteiger partial charge in [-0.2, -0.15) is 9.97 Å². The maximum absolute atomic E-state index is 12.4. The Hall–Kier alpha value is -8.43. The zero-order valence-corrected chi connectivity index (χ0v) is 46.3. The summed E-state index contributed by atoms with van der Waals surface area (Å²) in [7, 11) is 3.18. The molecule has 8 rings (SSSR count). The predicted octanol–water partition coefficient (Wildman–Crippen LogP) is 11.2. The number of halogens is 2. The lowest BCUT2D eigenvalue weighted by atomic mass is 10.2. The van der Waals surface area contributed by atoms with Crippen molar-refractivity contribution in [2.45, 2.75) is 52.7 Å². The lowest BCUT2D eigenvalue weighted by Crippen LogP contribution is -2.50. The molecule has 2 saturated heterocycles. The molecule has 4 aromatic carbocycles. The SMILES string of the molecule is C=CC(=O)Nc1cccc(Oc2nc(Nc3ccc(N4CCN(C(=O)OC(C)(C)C)CC4)cc3OC)ncc2Cl)c1.COc1cc(N2CCN(C(=O)OC(C)(C)C)CC2)ccc1Nc1ncc(Cl)c(Oc2cccc(N)c2)n1. The summed E-state index contributed by atoms with van der Waals surface area (Å²) < 4.78 is 33.9. The molecule has 23 heteroatoms. The van der Waals surface area contributed by atoms with E-state index >= 15 is 0 Å². The number of rotatable bonds is 14. The minimum Gasteiger partial charge on any atom is -0.494 e. The van der Waals surface area contributed by atoms with Crippen LogP contribution in [0.5, 0.6) is 34.8 Å². The molecule has 0 spiro atoms. The van der Waals surface area contributed by atoms with E-state index in [4.69, 9.17) is 57.4 Å². The molecule has 3 amide bonds. The van der Waals surface area contributed by atoms with Gasteiger partial charge < -0.3 is 69.7 Å². The molecule has 412 valence electrons. The molecule has 2 aromatic heterocycles. The van der Waals surface area contributed by atoms with Crippen LogP contribution in [-0.4, -0.2) is 126 Å². The van der Waals surface area contributed by atoms with Crippen molar-refractivity contribution in [2.75, 3.05) is 98.1 Å². The molecule has 0 aliphatic carbocycles. The molecule has 0 bridgehead atoms. The van der Waals surface area contributed by atoms with Crippen molar-refractivity contribution < 1.29 is 42.8 Å². The molecule has 0 radical (unpaired) electrons. The first-order valence-electron chi connectivity index (χ1n) is 24.8. The first kappa shape index (κ1) is 57.3. The second-order valence-electron chi connectivity index (χ2n) is 19.6. The third-order valence-electron chi connectivity index (χ3n) is 11.5. The van der Waals surface area contributed by atoms with Crippen LogP contribution in [0.3, 0.4) is 0 Å². The van der Waals surface area contributed by atoms with E-state index in [1.165, 1.54) is 18.5 Å². The van der Waals surface area contributed by atoms with Gasteiger partial charge in [0.25, 0.3) is 0 Å². The highest BCUT2D eigenvalue weighted by Gasteiger charge is 2.28. The number of piperazine rings is 2. The zero-order valence-electron chi connectivity index (χ0n) is 44.8. The van der Waals surface area contributed by atoms with Crippen molar-refractivity contribution in [3.05, 3.63) is 120 Å². The van der Waals surface area contributed by atoms with E-state index in [0.29, 0.717) is 104 Å². The van der Waals surface area contributed by atoms with Gasteiger partial charge in [0, 0.05) is 99.4 Å². The van der Waals surface area contributed by atoms with Gasteiger partial charge in [-0.25, -0.2) is 19.6 Å². The number of ether oxygens (including phenoxy) is 6. The molecule has 2 aliphatic heterocycles. The van der Waals surface area contributed by atoms with Crippen molar-refractivity contribution in [2.24, 2.45) is 0 Å². The number of hydrogen-bond donors (Lipinski definition) is 4. The number of carbonyl (C=O) groups excluding carboxylic acids is 3. The number of carbonyl (C=O) groups is 3. The van der Waals surface area contributed by atoms with Gasteiger partial charge in [-0.15, -0.1) is 0 Å². The molecule has 2 aliphatic rings. The minimum absolute atomic E-state index is 0.134. The summed E-state index contributed by atoms with van der Waals surface area (Å²) in [5.41, 5.74) is 9.15. The van der Waals surface area contributed by atoms with Crippen LogP contribution in [0.15, 0.2) is 110 Å². The van der Waals surface area contributed by atoms with E-state index in [0.717, 1.165) is 11.4 Å². The number of aromatic nitrogens is 4. The number of nitrogens with zero attached hydrogens (tertiary/aromatic N) is 8. The summed E-state index contributed by atoms with van der Waals surface area (Å²) in [6.45, 7) is 19.6. The Morgan fingerprint density at radius 2 is 1.05 bits per heavy atom. The average Bonchev–Trinajstić information content (AvgIpc) is 3.40. The lowest BCUT2D eigenvalue weighted by molar-refractivity contribution is -0.111. The highest BCUT2D eigenvalue weighted by atomic mass is 35.5. The highest BCUT2D eigenvalue weighted by Crippen LogP contribution is 2.36. The fourth-order valence-corrected chi connectivity index (χ4v) is 8.01. The van der Waals surface area contributed by atoms with Crippen molar-refractivity contribution in [3.8, 4) is 34.8 Å². The van der Waals surface area contributed by atoms with Gasteiger partial charge in [0.15, 0.2) is 0 Å². The number of methoxy groups -OCH3 is 2. The van der Waals surface area contributed by atoms with Crippen molar-refractivity contribution >= 4 is 87.3 Å². The first-order valence-corrected chi connectivity index (χ1v) is 25.6. The van der Waals surface area contributed by atoms with Gasteiger partial charge in [-0.1, -0.05) is 41.9 Å². The molecular formula is C55H64Cl2N12O9. The number of anilines is 8. The average molecular weight is 1110 g/mol. The van der Waals surface area contributed by atoms with Gasteiger partial charge >= 0.3 is 12.2 Å². The molecule has 0 saturated carbocycles. The van der Waals surface area contributed by atoms with E-state index in [-0.39, 0.29) is 45.8 Å². The Labute approximate surface area is 463 Å². The smallest absolute Gasteiger partial charge is 0.410 e. The second-order valence-corrected chi connectivity index (χ2v) is 20.4. The standard InChI is InChI=1S/C29H33ClN6O5.C26H31ClN6O4/c1-6-25(37)32-19-8-7-9-21(16-19)40-26-22(30)18-31-27(34-26)33-23-11-10-20(17-24(23)39-5)35-12-14-36(15-13-35)28(38)41-29(2,3)4;1-26(2,3)37-25(34)33-12-10-32(11-13-33)18-8-9-21(22(15-18)35-4)30-24-29-16-20(27)23(31-24)36-19-7-5-6-17(28)14-19/h6-11,16-18H,1,12-15H2,2-5H3,(H,32,37)(H,31,33,34);5-9,14-16H,10-13,28H2,1-4H3,(H,29,30,31). The Kier molecular flexibility index (Phi) is 18.8. The summed E-state index contributed by atoms with van der Waals surface area (Å²) >= 11 is 12.5. The maximum Gasteiger partial charge on any atom is 0.410 e. The third kappa shape index (κ3) is 16.3. The Balaban J connectivity index is 0.000000227. The Morgan fingerprint density at radius 1 is 0.615 bits per heavy atom. The van der Waals surface area contributed by atoms with Crippen LogP contribution in [0.1, 0.15) is 41.5 Å². The van der Waals surface area contributed by atoms with Gasteiger partial charge in [0.05, 0.1) is 38.0 Å². The van der Waals surface area contributed by atoms with Gasteiger partial charge in [0.1, 0.15) is 44.2 Å². The monoisotopic (exact) mass is 1110 g/mol. The Bertz CT molecular complexity index is 3090. The molecule has 4 heterocycles. The molecule has 0 unspecified atom stereocenters. The first-order chi connectivity index (χ1) is 37.1. The summed E-state index contributed by atoms with van der Waals surface area (Å²) in [6, 6.07) is 25.4. The number of benzene rings is 4. The molecule has 5 N–H and O–H groups in total. The van der Waals surface area contributed by atoms with E-state index in [1.54, 1.807) is 72.6 Å². The van der Waals surface area contributed by atoms with Gasteiger partial charge in [-0.05, 0) is 96.1 Å². The van der Waals surface area contributed by atoms with Crippen molar-refractivity contribution in [1.29, 1.82) is 0 Å². The molecule has 78 heavy (non-hydrogen) atoms. The van der Waals surface area contributed by atoms with E-state index in [1.807, 2.05) is 77.9 Å². The number of amides is 3. The largest absolute Gasteiger partial charge is 0.494 e. The van der Waals surface area contributed by atoms with Gasteiger partial charge in [-0.3, -0.25) is 4.79 Å². The van der Waals surface area contributed by atoms with Crippen LogP contribution in [0.2, 0.25) is 10.0 Å². The summed E-state index contributed by atoms with van der Waals surface area (Å²) in [5, 5.41) is 9.47. The minimum atomic E-state index is -0.527. The molecule has 2 fully saturated rings. The summed E-state index contributed by atoms with van der Waals surface area (Å²) in [6.07, 6.45) is 3.49. The number of nitrogen functional groups attached to an aromatic ring is 1. The fraction of sp³-hybridized carbons (Fsp3) is 0.327. The molecule has 6 aromatic rings. The quantitative estimate of drug-likeness (QED) is 0.0586. The number of nitrogens with two attached hydrogens (primary N) is 1. The topological polar surface area (TPSA) is 233 Å². The lowest BCUT2D eigenvalue weighted by Gasteiger charge is -2.37. The summed E-state index contributed by atoms with van der Waals surface area (Å²) in [4.78, 5) is 61.5. The van der Waals surface area contributed by atoms with Gasteiger partial charge in [0.2, 0.25) is 29.6 Å². The van der Waals surface area contributed by atoms with Crippen LogP contribution in [0.25, 0.3) is 0 Å². The van der Waals surface area contributed by atoms with Crippen molar-refractivity contribution in [1.82, 2.24) is 29.7 Å². The van der Waals surface area contributed by atoms with Crippen LogP contribution >= 0.6 is 23.2 Å². The molecular weight excluding hydrogens is 1040 g/mol. The number of nitrogens with one attached hydrogen (secondary N) is 3. The van der Waals surface area contributed by atoms with Crippen LogP contribution < -0.4 is 50.4 Å². The molecule has 21 nitrogen and oxygen atoms in total. The second kappa shape index (κ2) is 25.6. The van der Waals surface area contributed by atoms with Crippen LogP contribution in [0, 0.1) is 0 Å². The fourth-order valence-electron chi connectivity index (χ4n) is 7.75. The number of hydrogen-bond acceptors (Lipinski definition) is 18. The molecule has 0 atom stereocenters. The highest BCUT2D eigenvalue weighted by molar-refractivity contribution is 6.32. The van der Waals surface area contributed by atoms with E-state index in [9.17, 15) is 14.4 Å². The third-order valence-corrected chi connectivity index (χ3v) is 12.0. The summed E-state index contributed by atoms with van der Waals surface area (Å²) in [5.74, 6) is 2.67. The Morgan fingerprint density at radius 3 is 1.46 bits per heavy atom. The van der Waals surface area contributed by atoms with E-state index < -0.39 is 11.2 Å². The van der Waals surface area contributed by atoms with Crippen LogP contribution in [-0.2, 0) is 14.3 Å². The predicted molar refractivity (Wildman–Crippen MR) is 303 cm³/mol. The zero-order chi connectivity index (χ0) is 56.1. The normalized spacial score (nSPS) is 13.5. The van der Waals surface area contributed by atoms with Crippen molar-refractivity contribution in [3.63, 3.8) is 0 Å². The van der Waals surface area contributed by atoms with Crippen LogP contribution in [0.4, 0.5) is 55.6 Å². The van der Waals surface area contributed by atoms with E-state index in [2.05, 4.69) is 52.3 Å².